The highest BCUT2D eigenvalue weighted by Gasteiger charge is 2.17. The smallest absolute Gasteiger partial charge is 0.317 e. The summed E-state index contributed by atoms with van der Waals surface area (Å²) in [6.07, 6.45) is -0.512. The summed E-state index contributed by atoms with van der Waals surface area (Å²) < 4.78 is 0. The van der Waals surface area contributed by atoms with Crippen LogP contribution in [-0.2, 0) is 0 Å². The van der Waals surface area contributed by atoms with E-state index in [0.717, 1.165) is 5.75 Å². The third-order valence-electron chi connectivity index (χ3n) is 2.74. The van der Waals surface area contributed by atoms with Crippen molar-refractivity contribution in [1.82, 2.24) is 10.2 Å². The van der Waals surface area contributed by atoms with E-state index >= 15 is 0 Å². The van der Waals surface area contributed by atoms with Crippen LogP contribution >= 0.6 is 11.8 Å². The van der Waals surface area contributed by atoms with Gasteiger partial charge in [-0.05, 0) is 32.9 Å². The van der Waals surface area contributed by atoms with Gasteiger partial charge in [0.2, 0.25) is 0 Å². The van der Waals surface area contributed by atoms with Crippen LogP contribution in [0.3, 0.4) is 0 Å². The number of aliphatic hydroxyl groups excluding tert-OH is 1. The van der Waals surface area contributed by atoms with Crippen LogP contribution in [0.2, 0.25) is 0 Å². The lowest BCUT2D eigenvalue weighted by atomic mass is 10.3. The highest BCUT2D eigenvalue weighted by Crippen LogP contribution is 2.15. The van der Waals surface area contributed by atoms with E-state index in [1.807, 2.05) is 32.0 Å². The number of thioether (sulfide) groups is 1. The van der Waals surface area contributed by atoms with Gasteiger partial charge < -0.3 is 15.3 Å². The summed E-state index contributed by atoms with van der Waals surface area (Å²) in [7, 11) is 0. The lowest BCUT2D eigenvalue weighted by molar-refractivity contribution is 0.119. The Hall–Kier alpha value is -1.20. The highest BCUT2D eigenvalue weighted by molar-refractivity contribution is 7.99. The Morgan fingerprint density at radius 1 is 1.30 bits per heavy atom. The van der Waals surface area contributed by atoms with Gasteiger partial charge in [0.15, 0.2) is 0 Å². The molecule has 0 radical (unpaired) electrons. The first-order valence-corrected chi connectivity index (χ1v) is 7.89. The zero-order valence-corrected chi connectivity index (χ0v) is 13.2. The number of rotatable bonds is 7. The molecule has 1 unspecified atom stereocenters. The number of hydrogen-bond donors (Lipinski definition) is 2. The molecule has 0 saturated heterocycles. The maximum absolute atomic E-state index is 12.0. The van der Waals surface area contributed by atoms with Gasteiger partial charge in [0.1, 0.15) is 0 Å². The van der Waals surface area contributed by atoms with E-state index in [2.05, 4.69) is 17.4 Å². The molecule has 2 amide bonds. The van der Waals surface area contributed by atoms with Crippen molar-refractivity contribution in [2.75, 3.05) is 18.8 Å². The topological polar surface area (TPSA) is 52.6 Å². The first kappa shape index (κ1) is 16.9. The van der Waals surface area contributed by atoms with Crippen molar-refractivity contribution in [1.29, 1.82) is 0 Å². The fraction of sp³-hybridized carbons (Fsp3) is 0.533. The van der Waals surface area contributed by atoms with Crippen molar-refractivity contribution in [2.24, 2.45) is 0 Å². The minimum absolute atomic E-state index is 0.0753. The highest BCUT2D eigenvalue weighted by atomic mass is 32.2. The molecule has 0 aliphatic rings. The molecule has 0 fully saturated rings. The molecular weight excluding hydrogens is 272 g/mol. The van der Waals surface area contributed by atoms with Gasteiger partial charge >= 0.3 is 6.03 Å². The average molecular weight is 296 g/mol. The summed E-state index contributed by atoms with van der Waals surface area (Å²) in [5.74, 6) is 0.830. The molecule has 0 saturated carbocycles. The van der Waals surface area contributed by atoms with E-state index in [1.165, 1.54) is 4.90 Å². The summed E-state index contributed by atoms with van der Waals surface area (Å²) in [4.78, 5) is 14.9. The van der Waals surface area contributed by atoms with Crippen molar-refractivity contribution in [2.45, 2.75) is 37.8 Å². The van der Waals surface area contributed by atoms with Crippen LogP contribution < -0.4 is 5.32 Å². The number of amides is 2. The van der Waals surface area contributed by atoms with E-state index < -0.39 is 6.10 Å². The molecule has 1 atom stereocenters. The fourth-order valence-corrected chi connectivity index (χ4v) is 2.55. The van der Waals surface area contributed by atoms with Gasteiger partial charge in [0.05, 0.1) is 6.10 Å². The maximum Gasteiger partial charge on any atom is 0.317 e. The molecule has 5 heteroatoms. The SMILES string of the molecule is CC(O)CN(C(=O)NCCSc1ccccc1)C(C)C. The van der Waals surface area contributed by atoms with Gasteiger partial charge in [-0.25, -0.2) is 4.79 Å². The summed E-state index contributed by atoms with van der Waals surface area (Å²) >= 11 is 1.71. The number of aliphatic hydroxyl groups is 1. The molecule has 20 heavy (non-hydrogen) atoms. The van der Waals surface area contributed by atoms with E-state index in [4.69, 9.17) is 0 Å². The predicted octanol–water partition coefficient (Wildman–Crippen LogP) is 2.58. The van der Waals surface area contributed by atoms with Gasteiger partial charge in [-0.3, -0.25) is 0 Å². The van der Waals surface area contributed by atoms with E-state index in [0.29, 0.717) is 13.1 Å². The van der Waals surface area contributed by atoms with Gasteiger partial charge in [-0.15, -0.1) is 11.8 Å². The molecule has 0 aromatic heterocycles. The monoisotopic (exact) mass is 296 g/mol. The van der Waals surface area contributed by atoms with Gasteiger partial charge in [0, 0.05) is 29.8 Å². The van der Waals surface area contributed by atoms with Gasteiger partial charge in [0.25, 0.3) is 0 Å². The molecule has 0 aliphatic heterocycles. The second-order valence-electron chi connectivity index (χ2n) is 4.99. The van der Waals surface area contributed by atoms with Crippen molar-refractivity contribution >= 4 is 17.8 Å². The second-order valence-corrected chi connectivity index (χ2v) is 6.16. The molecule has 0 aliphatic carbocycles. The standard InChI is InChI=1S/C15H24N2O2S/c1-12(2)17(11-13(3)18)15(19)16-9-10-20-14-7-5-4-6-8-14/h4-8,12-13,18H,9-11H2,1-3H3,(H,16,19). The van der Waals surface area contributed by atoms with Crippen molar-refractivity contribution < 1.29 is 9.90 Å². The van der Waals surface area contributed by atoms with Crippen molar-refractivity contribution in [3.8, 4) is 0 Å². The zero-order valence-electron chi connectivity index (χ0n) is 12.4. The Morgan fingerprint density at radius 3 is 2.50 bits per heavy atom. The lowest BCUT2D eigenvalue weighted by Gasteiger charge is -2.28. The number of hydrogen-bond acceptors (Lipinski definition) is 3. The first-order chi connectivity index (χ1) is 9.50. The predicted molar refractivity (Wildman–Crippen MR) is 84.1 cm³/mol. The average Bonchev–Trinajstić information content (AvgIpc) is 2.41. The Kier molecular flexibility index (Phi) is 7.47. The van der Waals surface area contributed by atoms with E-state index in [1.54, 1.807) is 23.6 Å². The first-order valence-electron chi connectivity index (χ1n) is 6.91. The molecule has 112 valence electrons. The normalized spacial score (nSPS) is 12.2. The third-order valence-corrected chi connectivity index (χ3v) is 3.75. The molecule has 1 aromatic rings. The van der Waals surface area contributed by atoms with Crippen LogP contribution in [-0.4, -0.2) is 47.0 Å². The molecule has 0 bridgehead atoms. The van der Waals surface area contributed by atoms with Crippen LogP contribution in [0.5, 0.6) is 0 Å². The molecule has 0 spiro atoms. The summed E-state index contributed by atoms with van der Waals surface area (Å²) in [6.45, 7) is 6.55. The van der Waals surface area contributed by atoms with Crippen molar-refractivity contribution in [3.63, 3.8) is 0 Å². The number of urea groups is 1. The summed E-state index contributed by atoms with van der Waals surface area (Å²) in [5, 5.41) is 12.3. The summed E-state index contributed by atoms with van der Waals surface area (Å²) in [6, 6.07) is 10.1. The van der Waals surface area contributed by atoms with Gasteiger partial charge in [-0.2, -0.15) is 0 Å². The number of carbonyl (C=O) groups is 1. The minimum atomic E-state index is -0.512. The number of benzene rings is 1. The molecular formula is C15H24N2O2S. The number of carbonyl (C=O) groups excluding carboxylic acids is 1. The fourth-order valence-electron chi connectivity index (χ4n) is 1.76. The van der Waals surface area contributed by atoms with Crippen LogP contribution in [0.25, 0.3) is 0 Å². The Balaban J connectivity index is 2.30. The van der Waals surface area contributed by atoms with Crippen molar-refractivity contribution in [3.05, 3.63) is 30.3 Å². The Bertz CT molecular complexity index is 396. The minimum Gasteiger partial charge on any atom is -0.392 e. The summed E-state index contributed by atoms with van der Waals surface area (Å²) in [5.41, 5.74) is 0. The Labute approximate surface area is 125 Å². The third kappa shape index (κ3) is 6.30. The lowest BCUT2D eigenvalue weighted by Crippen LogP contribution is -2.47. The molecule has 1 aromatic carbocycles. The van der Waals surface area contributed by atoms with Crippen LogP contribution in [0.15, 0.2) is 35.2 Å². The zero-order chi connectivity index (χ0) is 15.0. The van der Waals surface area contributed by atoms with E-state index in [-0.39, 0.29) is 12.1 Å². The number of nitrogens with one attached hydrogen (secondary N) is 1. The molecule has 4 nitrogen and oxygen atoms in total. The second kappa shape index (κ2) is 8.87. The molecule has 1 rings (SSSR count). The molecule has 2 N–H and O–H groups in total. The van der Waals surface area contributed by atoms with Crippen LogP contribution in [0.4, 0.5) is 4.79 Å². The maximum atomic E-state index is 12.0. The van der Waals surface area contributed by atoms with Crippen LogP contribution in [0.1, 0.15) is 20.8 Å². The quantitative estimate of drug-likeness (QED) is 0.600. The Morgan fingerprint density at radius 2 is 1.95 bits per heavy atom. The van der Waals surface area contributed by atoms with E-state index in [9.17, 15) is 9.90 Å². The molecule has 0 heterocycles. The largest absolute Gasteiger partial charge is 0.392 e. The van der Waals surface area contributed by atoms with Gasteiger partial charge in [-0.1, -0.05) is 18.2 Å². The number of nitrogens with zero attached hydrogens (tertiary/aromatic N) is 1. The van der Waals surface area contributed by atoms with Crippen LogP contribution in [0, 0.1) is 0 Å².